The van der Waals surface area contributed by atoms with E-state index in [1.54, 1.807) is 0 Å². The summed E-state index contributed by atoms with van der Waals surface area (Å²) < 4.78 is 5.85. The molecule has 0 aliphatic carbocycles. The van der Waals surface area contributed by atoms with Crippen LogP contribution in [0.1, 0.15) is 201 Å². The van der Waals surface area contributed by atoms with Crippen molar-refractivity contribution in [1.82, 2.24) is 5.32 Å². The number of rotatable bonds is 43. The first-order chi connectivity index (χ1) is 31.0. The largest absolute Gasteiger partial charge is 0.461 e. The monoisotopic (exact) mass is 872 g/mol. The maximum Gasteiger partial charge on any atom is 0.306 e. The van der Waals surface area contributed by atoms with Gasteiger partial charge in [0.2, 0.25) is 5.91 Å². The summed E-state index contributed by atoms with van der Waals surface area (Å²) in [5.41, 5.74) is 0. The van der Waals surface area contributed by atoms with Crippen LogP contribution in [0.2, 0.25) is 0 Å². The van der Waals surface area contributed by atoms with E-state index in [1.165, 1.54) is 44.9 Å². The molecular weight excluding hydrogens is 779 g/mol. The summed E-state index contributed by atoms with van der Waals surface area (Å²) in [5.74, 6) is -0.631. The van der Waals surface area contributed by atoms with E-state index in [2.05, 4.69) is 135 Å². The lowest BCUT2D eigenvalue weighted by Gasteiger charge is -2.24. The Bertz CT molecular complexity index is 1350. The standard InChI is InChI=1S/C57H93NO5/c1-4-7-10-13-16-19-22-24-26-27-28-29-31-33-35-38-41-44-47-50-57(62)63-53(48-45-42-39-36-34-32-30-25-23-20-17-14-11-8-5-2)51-56(61)58-54(52-59)55(60)49-46-43-40-37-21-18-15-12-9-6-3/h7-8,10-11,16-17,19-20,24-26,28-30,33-36,42,45,53-55,59-60H,4-6,9,12-15,18,21-23,27,31-32,37-41,43-44,46-52H2,1-3H3,(H,58,61)/b10-7-,11-8-,19-16-,20-17-,26-24-,29-28-,30-25-,35-33-,36-34-,45-42-. The second-order valence-corrected chi connectivity index (χ2v) is 16.5. The highest BCUT2D eigenvalue weighted by Gasteiger charge is 2.23. The third kappa shape index (κ3) is 44.7. The Kier molecular flexibility index (Phi) is 46.4. The lowest BCUT2D eigenvalue weighted by Crippen LogP contribution is -2.46. The molecule has 0 fully saturated rings. The number of ether oxygens (including phenoxy) is 1. The van der Waals surface area contributed by atoms with E-state index < -0.39 is 18.2 Å². The van der Waals surface area contributed by atoms with Gasteiger partial charge in [-0.25, -0.2) is 0 Å². The van der Waals surface area contributed by atoms with Gasteiger partial charge >= 0.3 is 5.97 Å². The van der Waals surface area contributed by atoms with Crippen LogP contribution in [0.3, 0.4) is 0 Å². The molecule has 0 aromatic carbocycles. The van der Waals surface area contributed by atoms with Crippen LogP contribution in [0.15, 0.2) is 122 Å². The number of esters is 1. The molecule has 1 amide bonds. The predicted octanol–water partition coefficient (Wildman–Crippen LogP) is 15.3. The van der Waals surface area contributed by atoms with Crippen molar-refractivity contribution < 1.29 is 24.5 Å². The molecule has 6 nitrogen and oxygen atoms in total. The van der Waals surface area contributed by atoms with Crippen molar-refractivity contribution in [2.24, 2.45) is 0 Å². The molecule has 0 aromatic heterocycles. The van der Waals surface area contributed by atoms with E-state index >= 15 is 0 Å². The van der Waals surface area contributed by atoms with Gasteiger partial charge in [0.25, 0.3) is 0 Å². The van der Waals surface area contributed by atoms with E-state index in [4.69, 9.17) is 4.74 Å². The fourth-order valence-corrected chi connectivity index (χ4v) is 6.77. The molecule has 0 rings (SSSR count). The number of carbonyl (C=O) groups excluding carboxylic acids is 2. The Hall–Kier alpha value is -3.74. The van der Waals surface area contributed by atoms with Gasteiger partial charge < -0.3 is 20.3 Å². The Labute approximate surface area is 387 Å². The highest BCUT2D eigenvalue weighted by atomic mass is 16.5. The van der Waals surface area contributed by atoms with Crippen molar-refractivity contribution in [2.45, 2.75) is 219 Å². The van der Waals surface area contributed by atoms with Crippen LogP contribution in [-0.4, -0.2) is 46.9 Å². The lowest BCUT2D eigenvalue weighted by molar-refractivity contribution is -0.150. The van der Waals surface area contributed by atoms with Gasteiger partial charge in [0.15, 0.2) is 0 Å². The number of aliphatic hydroxyl groups is 2. The van der Waals surface area contributed by atoms with Crippen LogP contribution in [-0.2, 0) is 14.3 Å². The second-order valence-electron chi connectivity index (χ2n) is 16.5. The quantitative estimate of drug-likeness (QED) is 0.0322. The molecule has 0 saturated heterocycles. The fraction of sp³-hybridized carbons (Fsp3) is 0.614. The van der Waals surface area contributed by atoms with Crippen molar-refractivity contribution in [3.05, 3.63) is 122 Å². The van der Waals surface area contributed by atoms with E-state index in [9.17, 15) is 19.8 Å². The Morgan fingerprint density at radius 2 is 0.889 bits per heavy atom. The van der Waals surface area contributed by atoms with Crippen LogP contribution in [0.25, 0.3) is 0 Å². The molecule has 3 atom stereocenters. The third-order valence-electron chi connectivity index (χ3n) is 10.5. The van der Waals surface area contributed by atoms with Gasteiger partial charge in [-0.2, -0.15) is 0 Å². The molecule has 0 aliphatic rings. The van der Waals surface area contributed by atoms with E-state index in [-0.39, 0.29) is 24.9 Å². The maximum atomic E-state index is 13.2. The lowest BCUT2D eigenvalue weighted by atomic mass is 10.0. The Morgan fingerprint density at radius 3 is 1.33 bits per heavy atom. The summed E-state index contributed by atoms with van der Waals surface area (Å²) in [5, 5.41) is 23.6. The smallest absolute Gasteiger partial charge is 0.306 e. The number of amides is 1. The molecule has 0 radical (unpaired) electrons. The zero-order valence-corrected chi connectivity index (χ0v) is 40.4. The van der Waals surface area contributed by atoms with Crippen molar-refractivity contribution >= 4 is 11.9 Å². The van der Waals surface area contributed by atoms with Gasteiger partial charge in [-0.3, -0.25) is 9.59 Å². The van der Waals surface area contributed by atoms with Crippen molar-refractivity contribution in [2.75, 3.05) is 6.61 Å². The van der Waals surface area contributed by atoms with Crippen LogP contribution >= 0.6 is 0 Å². The topological polar surface area (TPSA) is 95.9 Å². The number of carbonyl (C=O) groups is 2. The van der Waals surface area contributed by atoms with Crippen LogP contribution in [0.4, 0.5) is 0 Å². The highest BCUT2D eigenvalue weighted by molar-refractivity contribution is 5.77. The molecular formula is C57H93NO5. The molecule has 0 bridgehead atoms. The van der Waals surface area contributed by atoms with Crippen LogP contribution < -0.4 is 5.32 Å². The minimum absolute atomic E-state index is 0.0222. The molecule has 0 saturated carbocycles. The predicted molar refractivity (Wildman–Crippen MR) is 273 cm³/mol. The van der Waals surface area contributed by atoms with E-state index in [1.807, 2.05) is 12.2 Å². The van der Waals surface area contributed by atoms with Gasteiger partial charge in [-0.05, 0) is 89.9 Å². The molecule has 356 valence electrons. The van der Waals surface area contributed by atoms with Crippen molar-refractivity contribution in [3.63, 3.8) is 0 Å². The van der Waals surface area contributed by atoms with Gasteiger partial charge in [-0.15, -0.1) is 0 Å². The molecule has 0 aliphatic heterocycles. The van der Waals surface area contributed by atoms with Gasteiger partial charge in [-0.1, -0.05) is 213 Å². The van der Waals surface area contributed by atoms with Crippen molar-refractivity contribution in [3.8, 4) is 0 Å². The average Bonchev–Trinajstić information content (AvgIpc) is 3.28. The van der Waals surface area contributed by atoms with E-state index in [0.717, 1.165) is 109 Å². The minimum Gasteiger partial charge on any atom is -0.461 e. The number of unbranched alkanes of at least 4 members (excludes halogenated alkanes) is 12. The summed E-state index contributed by atoms with van der Waals surface area (Å²) in [6.45, 7) is 6.19. The molecule has 0 spiro atoms. The number of allylic oxidation sites excluding steroid dienone is 19. The van der Waals surface area contributed by atoms with Gasteiger partial charge in [0.05, 0.1) is 25.2 Å². The van der Waals surface area contributed by atoms with Gasteiger partial charge in [0.1, 0.15) is 6.10 Å². The average molecular weight is 872 g/mol. The summed E-state index contributed by atoms with van der Waals surface area (Å²) in [6, 6.07) is -0.746. The molecule has 3 N–H and O–H groups in total. The fourth-order valence-electron chi connectivity index (χ4n) is 6.77. The molecule has 63 heavy (non-hydrogen) atoms. The SMILES string of the molecule is CC/C=C\C/C=C\C/C=C\C/C=C\C/C=C\CCCCCC(=O)OC(C/C=C\C/C=C\C/C=C\C/C=C\C/C=C\CC)CC(=O)NC(CO)C(O)CCCCCCCCCCCC. The molecule has 0 aromatic rings. The summed E-state index contributed by atoms with van der Waals surface area (Å²) in [7, 11) is 0. The first-order valence-electron chi connectivity index (χ1n) is 25.3. The first kappa shape index (κ1) is 59.3. The normalized spacial score (nSPS) is 14.3. The second kappa shape index (κ2) is 49.3. The number of hydrogen-bond acceptors (Lipinski definition) is 5. The highest BCUT2D eigenvalue weighted by Crippen LogP contribution is 2.15. The molecule has 3 unspecified atom stereocenters. The zero-order chi connectivity index (χ0) is 45.9. The molecule has 0 heterocycles. The molecule has 6 heteroatoms. The van der Waals surface area contributed by atoms with E-state index in [0.29, 0.717) is 19.3 Å². The van der Waals surface area contributed by atoms with Crippen molar-refractivity contribution in [1.29, 1.82) is 0 Å². The number of hydrogen-bond donors (Lipinski definition) is 3. The minimum atomic E-state index is -0.824. The van der Waals surface area contributed by atoms with Crippen LogP contribution in [0.5, 0.6) is 0 Å². The van der Waals surface area contributed by atoms with Crippen LogP contribution in [0, 0.1) is 0 Å². The summed E-state index contributed by atoms with van der Waals surface area (Å²) in [4.78, 5) is 26.1. The number of nitrogens with one attached hydrogen (secondary N) is 1. The summed E-state index contributed by atoms with van der Waals surface area (Å²) >= 11 is 0. The summed E-state index contributed by atoms with van der Waals surface area (Å²) in [6.07, 6.45) is 68.4. The third-order valence-corrected chi connectivity index (χ3v) is 10.5. The zero-order valence-electron chi connectivity index (χ0n) is 40.4. The maximum absolute atomic E-state index is 13.2. The first-order valence-corrected chi connectivity index (χ1v) is 25.3. The number of aliphatic hydroxyl groups excluding tert-OH is 2. The van der Waals surface area contributed by atoms with Gasteiger partial charge in [0, 0.05) is 12.8 Å². The Morgan fingerprint density at radius 1 is 0.492 bits per heavy atom. The Balaban J connectivity index is 4.80.